The summed E-state index contributed by atoms with van der Waals surface area (Å²) in [6.45, 7) is 3.77. The van der Waals surface area contributed by atoms with Crippen LogP contribution in [0.2, 0.25) is 0 Å². The van der Waals surface area contributed by atoms with Crippen molar-refractivity contribution in [3.8, 4) is 0 Å². The lowest BCUT2D eigenvalue weighted by atomic mass is 10.0. The largest absolute Gasteiger partial charge is 0.294 e. The maximum atomic E-state index is 12.7. The lowest BCUT2D eigenvalue weighted by Gasteiger charge is -2.02. The highest BCUT2D eigenvalue weighted by molar-refractivity contribution is 5.97. The lowest BCUT2D eigenvalue weighted by molar-refractivity contribution is 0.0987. The zero-order chi connectivity index (χ0) is 9.84. The first kappa shape index (κ1) is 9.90. The van der Waals surface area contributed by atoms with Crippen LogP contribution in [0.25, 0.3) is 0 Å². The van der Waals surface area contributed by atoms with Gasteiger partial charge in [0.2, 0.25) is 0 Å². The van der Waals surface area contributed by atoms with Crippen LogP contribution in [0, 0.1) is 11.7 Å². The number of ketones is 1. The third kappa shape index (κ3) is 2.98. The second-order valence-corrected chi connectivity index (χ2v) is 3.32. The van der Waals surface area contributed by atoms with E-state index in [9.17, 15) is 9.18 Å². The Kier molecular flexibility index (Phi) is 3.18. The van der Waals surface area contributed by atoms with E-state index in [0.29, 0.717) is 12.0 Å². The SMILES string of the molecule is C[C](C)CC(=O)c1cccc(F)c1. The summed E-state index contributed by atoms with van der Waals surface area (Å²) in [6.07, 6.45) is 0.392. The van der Waals surface area contributed by atoms with Gasteiger partial charge in [0.05, 0.1) is 0 Å². The number of hydrogen-bond acceptors (Lipinski definition) is 1. The van der Waals surface area contributed by atoms with E-state index in [2.05, 4.69) is 0 Å². The van der Waals surface area contributed by atoms with Crippen LogP contribution < -0.4 is 0 Å². The molecule has 1 aromatic rings. The van der Waals surface area contributed by atoms with Crippen LogP contribution in [0.3, 0.4) is 0 Å². The molecule has 0 aliphatic carbocycles. The number of carbonyl (C=O) groups excluding carboxylic acids is 1. The van der Waals surface area contributed by atoms with E-state index < -0.39 is 0 Å². The molecule has 0 saturated carbocycles. The van der Waals surface area contributed by atoms with Gasteiger partial charge in [0.1, 0.15) is 5.82 Å². The van der Waals surface area contributed by atoms with Gasteiger partial charge in [-0.2, -0.15) is 0 Å². The van der Waals surface area contributed by atoms with Crippen molar-refractivity contribution >= 4 is 5.78 Å². The molecule has 1 aromatic carbocycles. The zero-order valence-corrected chi connectivity index (χ0v) is 7.80. The Bertz CT molecular complexity index is 305. The van der Waals surface area contributed by atoms with Crippen molar-refractivity contribution in [2.75, 3.05) is 0 Å². The lowest BCUT2D eigenvalue weighted by Crippen LogP contribution is -2.02. The van der Waals surface area contributed by atoms with Crippen LogP contribution in [0.4, 0.5) is 4.39 Å². The molecule has 0 atom stereocenters. The summed E-state index contributed by atoms with van der Waals surface area (Å²) in [4.78, 5) is 11.4. The fourth-order valence-electron chi connectivity index (χ4n) is 1.09. The quantitative estimate of drug-likeness (QED) is 0.652. The van der Waals surface area contributed by atoms with Gasteiger partial charge >= 0.3 is 0 Å². The summed E-state index contributed by atoms with van der Waals surface area (Å²) in [6, 6.07) is 5.78. The smallest absolute Gasteiger partial charge is 0.163 e. The molecule has 1 nitrogen and oxygen atoms in total. The number of carbonyl (C=O) groups is 1. The molecule has 0 saturated heterocycles. The molecule has 0 aromatic heterocycles. The fraction of sp³-hybridized carbons (Fsp3) is 0.273. The minimum Gasteiger partial charge on any atom is -0.294 e. The van der Waals surface area contributed by atoms with Crippen molar-refractivity contribution in [2.24, 2.45) is 0 Å². The Hall–Kier alpha value is -1.18. The molecular formula is C11H12FO. The summed E-state index contributed by atoms with van der Waals surface area (Å²) >= 11 is 0. The van der Waals surface area contributed by atoms with Crippen LogP contribution in [0.1, 0.15) is 30.6 Å². The number of Topliss-reactive ketones (excluding diaryl/α,β-unsaturated/α-hetero) is 1. The average Bonchev–Trinajstić information content (AvgIpc) is 2.03. The third-order valence-corrected chi connectivity index (χ3v) is 1.66. The highest BCUT2D eigenvalue weighted by Crippen LogP contribution is 2.11. The Morgan fingerprint density at radius 3 is 2.62 bits per heavy atom. The Labute approximate surface area is 77.6 Å². The molecule has 69 valence electrons. The summed E-state index contributed by atoms with van der Waals surface area (Å²) in [5.74, 6) is 0.647. The van der Waals surface area contributed by atoms with Gasteiger partial charge in [-0.05, 0) is 18.1 Å². The number of hydrogen-bond donors (Lipinski definition) is 0. The van der Waals surface area contributed by atoms with E-state index in [1.165, 1.54) is 12.1 Å². The van der Waals surface area contributed by atoms with Crippen LogP contribution in [-0.4, -0.2) is 5.78 Å². The topological polar surface area (TPSA) is 17.1 Å². The maximum Gasteiger partial charge on any atom is 0.163 e. The van der Waals surface area contributed by atoms with E-state index in [-0.39, 0.29) is 11.6 Å². The third-order valence-electron chi connectivity index (χ3n) is 1.66. The average molecular weight is 179 g/mol. The fourth-order valence-corrected chi connectivity index (χ4v) is 1.09. The van der Waals surface area contributed by atoms with Gasteiger partial charge in [-0.15, -0.1) is 0 Å². The van der Waals surface area contributed by atoms with Crippen LogP contribution in [0.5, 0.6) is 0 Å². The van der Waals surface area contributed by atoms with Crippen molar-refractivity contribution in [3.05, 3.63) is 41.6 Å². The first-order chi connectivity index (χ1) is 6.09. The second-order valence-electron chi connectivity index (χ2n) is 3.32. The number of halogens is 1. The molecule has 0 amide bonds. The Morgan fingerprint density at radius 2 is 2.08 bits per heavy atom. The molecule has 0 heterocycles. The summed E-state index contributed by atoms with van der Waals surface area (Å²) in [5.41, 5.74) is 0.446. The molecule has 0 N–H and O–H groups in total. The molecule has 13 heavy (non-hydrogen) atoms. The number of rotatable bonds is 3. The predicted octanol–water partition coefficient (Wildman–Crippen LogP) is 3.01. The molecule has 0 bridgehead atoms. The second kappa shape index (κ2) is 4.17. The van der Waals surface area contributed by atoms with Crippen LogP contribution in [0.15, 0.2) is 24.3 Å². The molecule has 2 heteroatoms. The molecular weight excluding hydrogens is 167 g/mol. The Morgan fingerprint density at radius 1 is 1.38 bits per heavy atom. The van der Waals surface area contributed by atoms with Crippen molar-refractivity contribution in [2.45, 2.75) is 20.3 Å². The monoisotopic (exact) mass is 179 g/mol. The number of benzene rings is 1. The minimum absolute atomic E-state index is 0.0282. The van der Waals surface area contributed by atoms with Gasteiger partial charge in [0.15, 0.2) is 5.78 Å². The van der Waals surface area contributed by atoms with E-state index in [1.54, 1.807) is 12.1 Å². The summed E-state index contributed by atoms with van der Waals surface area (Å²) in [5, 5.41) is 0. The van der Waals surface area contributed by atoms with Crippen molar-refractivity contribution < 1.29 is 9.18 Å². The van der Waals surface area contributed by atoms with Gasteiger partial charge < -0.3 is 0 Å². The highest BCUT2D eigenvalue weighted by Gasteiger charge is 2.08. The van der Waals surface area contributed by atoms with Gasteiger partial charge in [0, 0.05) is 12.0 Å². The maximum absolute atomic E-state index is 12.7. The van der Waals surface area contributed by atoms with Gasteiger partial charge in [-0.25, -0.2) is 4.39 Å². The van der Waals surface area contributed by atoms with E-state index >= 15 is 0 Å². The van der Waals surface area contributed by atoms with E-state index in [0.717, 1.165) is 5.92 Å². The predicted molar refractivity (Wildman–Crippen MR) is 49.9 cm³/mol. The molecule has 0 fully saturated rings. The van der Waals surface area contributed by atoms with E-state index in [4.69, 9.17) is 0 Å². The van der Waals surface area contributed by atoms with Crippen molar-refractivity contribution in [1.82, 2.24) is 0 Å². The van der Waals surface area contributed by atoms with Crippen LogP contribution in [-0.2, 0) is 0 Å². The first-order valence-corrected chi connectivity index (χ1v) is 4.17. The van der Waals surface area contributed by atoms with Crippen molar-refractivity contribution in [1.29, 1.82) is 0 Å². The highest BCUT2D eigenvalue weighted by atomic mass is 19.1. The summed E-state index contributed by atoms with van der Waals surface area (Å²) < 4.78 is 12.7. The van der Waals surface area contributed by atoms with Gasteiger partial charge in [-0.3, -0.25) is 4.79 Å². The zero-order valence-electron chi connectivity index (χ0n) is 7.80. The molecule has 0 unspecified atom stereocenters. The molecule has 0 aliphatic rings. The van der Waals surface area contributed by atoms with Gasteiger partial charge in [0.25, 0.3) is 0 Å². The standard InChI is InChI=1S/C11H12FO/c1-8(2)6-11(13)9-4-3-5-10(12)7-9/h3-5,7H,6H2,1-2H3. The summed E-state index contributed by atoms with van der Waals surface area (Å²) in [7, 11) is 0. The van der Waals surface area contributed by atoms with Crippen molar-refractivity contribution in [3.63, 3.8) is 0 Å². The van der Waals surface area contributed by atoms with Gasteiger partial charge in [-0.1, -0.05) is 26.0 Å². The van der Waals surface area contributed by atoms with Crippen LogP contribution >= 0.6 is 0 Å². The van der Waals surface area contributed by atoms with E-state index in [1.807, 2.05) is 13.8 Å². The molecule has 0 spiro atoms. The Balaban J connectivity index is 2.77. The molecule has 0 aliphatic heterocycles. The molecule has 1 rings (SSSR count). The molecule has 1 radical (unpaired) electrons. The first-order valence-electron chi connectivity index (χ1n) is 4.17. The normalized spacial score (nSPS) is 10.5. The minimum atomic E-state index is -0.361.